The Bertz CT molecular complexity index is 451. The topological polar surface area (TPSA) is 20.3 Å². The van der Waals surface area contributed by atoms with Crippen LogP contribution in [0.5, 0.6) is 0 Å². The number of alkyl halides is 1. The maximum Gasteiger partial charge on any atom is 0.230 e. The molecule has 0 radical (unpaired) electrons. The van der Waals surface area contributed by atoms with Gasteiger partial charge < -0.3 is 4.90 Å². The summed E-state index contributed by atoms with van der Waals surface area (Å²) in [6.07, 6.45) is 5.69. The highest BCUT2D eigenvalue weighted by atomic mass is 79.9. The number of thiophene rings is 1. The van der Waals surface area contributed by atoms with Gasteiger partial charge in [-0.05, 0) is 55.0 Å². The number of piperidine rings is 1. The first-order valence-electron chi connectivity index (χ1n) is 7.20. The summed E-state index contributed by atoms with van der Waals surface area (Å²) >= 11 is 5.38. The Morgan fingerprint density at radius 1 is 1.37 bits per heavy atom. The molecule has 1 aromatic heterocycles. The van der Waals surface area contributed by atoms with E-state index in [2.05, 4.69) is 32.3 Å². The molecule has 19 heavy (non-hydrogen) atoms. The summed E-state index contributed by atoms with van der Waals surface area (Å²) in [7, 11) is 0. The number of nitrogens with zero attached hydrogens (tertiary/aromatic N) is 1. The van der Waals surface area contributed by atoms with E-state index in [1.165, 1.54) is 23.3 Å². The zero-order valence-corrected chi connectivity index (χ0v) is 13.5. The maximum atomic E-state index is 12.7. The number of halogens is 1. The lowest BCUT2D eigenvalue weighted by Crippen LogP contribution is -2.41. The van der Waals surface area contributed by atoms with Gasteiger partial charge in [-0.1, -0.05) is 15.9 Å². The van der Waals surface area contributed by atoms with E-state index >= 15 is 0 Å². The number of amides is 1. The predicted octanol–water partition coefficient (Wildman–Crippen LogP) is 3.80. The minimum atomic E-state index is 0.149. The Labute approximate surface area is 127 Å². The van der Waals surface area contributed by atoms with Crippen molar-refractivity contribution in [2.24, 2.45) is 5.92 Å². The van der Waals surface area contributed by atoms with Gasteiger partial charge in [-0.3, -0.25) is 4.79 Å². The van der Waals surface area contributed by atoms with Crippen LogP contribution in [0.15, 0.2) is 11.4 Å². The van der Waals surface area contributed by atoms with Gasteiger partial charge in [0.25, 0.3) is 0 Å². The van der Waals surface area contributed by atoms with Gasteiger partial charge in [-0.2, -0.15) is 0 Å². The largest absolute Gasteiger partial charge is 0.342 e. The molecule has 1 aromatic rings. The Hall–Kier alpha value is -0.350. The van der Waals surface area contributed by atoms with Gasteiger partial charge >= 0.3 is 0 Å². The molecule has 1 aliphatic carbocycles. The quantitative estimate of drug-likeness (QED) is 0.749. The third-order valence-electron chi connectivity index (χ3n) is 4.49. The van der Waals surface area contributed by atoms with Crippen molar-refractivity contribution in [1.82, 2.24) is 4.90 Å². The van der Waals surface area contributed by atoms with E-state index in [-0.39, 0.29) is 5.92 Å². The van der Waals surface area contributed by atoms with Crippen LogP contribution in [0.3, 0.4) is 0 Å². The van der Waals surface area contributed by atoms with Crippen LogP contribution in [0.1, 0.15) is 42.0 Å². The molecule has 2 heterocycles. The molecular formula is C15H20BrNOS. The Morgan fingerprint density at radius 2 is 2.16 bits per heavy atom. The van der Waals surface area contributed by atoms with Gasteiger partial charge in [0, 0.05) is 23.3 Å². The van der Waals surface area contributed by atoms with Gasteiger partial charge in [-0.15, -0.1) is 11.3 Å². The Balaban J connectivity index is 1.69. The average Bonchev–Trinajstić information content (AvgIpc) is 2.95. The SMILES string of the molecule is O=C(C1CCCc2sccc21)N1CCC(CBr)CC1. The van der Waals surface area contributed by atoms with Crippen molar-refractivity contribution in [2.45, 2.75) is 38.0 Å². The number of fused-ring (bicyclic) bond motifs is 1. The lowest BCUT2D eigenvalue weighted by atomic mass is 9.86. The van der Waals surface area contributed by atoms with E-state index in [0.29, 0.717) is 5.91 Å². The van der Waals surface area contributed by atoms with Gasteiger partial charge in [-0.25, -0.2) is 0 Å². The van der Waals surface area contributed by atoms with Crippen LogP contribution >= 0.6 is 27.3 Å². The lowest BCUT2D eigenvalue weighted by Gasteiger charge is -2.34. The van der Waals surface area contributed by atoms with Gasteiger partial charge in [0.05, 0.1) is 5.92 Å². The van der Waals surface area contributed by atoms with E-state index in [9.17, 15) is 4.79 Å². The molecule has 1 saturated heterocycles. The van der Waals surface area contributed by atoms with Crippen LogP contribution in [0.25, 0.3) is 0 Å². The molecule has 1 unspecified atom stereocenters. The van der Waals surface area contributed by atoms with E-state index < -0.39 is 0 Å². The van der Waals surface area contributed by atoms with Crippen molar-refractivity contribution in [2.75, 3.05) is 18.4 Å². The monoisotopic (exact) mass is 341 g/mol. The molecule has 0 spiro atoms. The first-order chi connectivity index (χ1) is 9.29. The highest BCUT2D eigenvalue weighted by Gasteiger charge is 2.32. The second-order valence-corrected chi connectivity index (χ2v) is 7.32. The fraction of sp³-hybridized carbons (Fsp3) is 0.667. The normalized spacial score (nSPS) is 24.3. The highest BCUT2D eigenvalue weighted by Crippen LogP contribution is 2.36. The molecule has 2 nitrogen and oxygen atoms in total. The van der Waals surface area contributed by atoms with Crippen molar-refractivity contribution in [3.8, 4) is 0 Å². The molecule has 3 rings (SSSR count). The maximum absolute atomic E-state index is 12.7. The second-order valence-electron chi connectivity index (χ2n) is 5.67. The zero-order valence-electron chi connectivity index (χ0n) is 11.1. The van der Waals surface area contributed by atoms with Crippen LogP contribution in [0.2, 0.25) is 0 Å². The van der Waals surface area contributed by atoms with Crippen LogP contribution < -0.4 is 0 Å². The van der Waals surface area contributed by atoms with Crippen molar-refractivity contribution < 1.29 is 4.79 Å². The van der Waals surface area contributed by atoms with Crippen molar-refractivity contribution >= 4 is 33.2 Å². The van der Waals surface area contributed by atoms with Crippen LogP contribution in [-0.2, 0) is 11.2 Å². The summed E-state index contributed by atoms with van der Waals surface area (Å²) in [6.45, 7) is 1.90. The molecule has 0 bridgehead atoms. The molecule has 104 valence electrons. The lowest BCUT2D eigenvalue weighted by molar-refractivity contribution is -0.134. The summed E-state index contributed by atoms with van der Waals surface area (Å²) in [6, 6.07) is 2.17. The number of hydrogen-bond donors (Lipinski definition) is 0. The fourth-order valence-corrected chi connectivity index (χ4v) is 4.91. The fourth-order valence-electron chi connectivity index (χ4n) is 3.27. The summed E-state index contributed by atoms with van der Waals surface area (Å²) in [4.78, 5) is 16.3. The van der Waals surface area contributed by atoms with Gasteiger partial charge in [0.2, 0.25) is 5.91 Å². The standard InChI is InChI=1S/C15H20BrNOS/c16-10-11-4-7-17(8-5-11)15(18)13-2-1-3-14-12(13)6-9-19-14/h6,9,11,13H,1-5,7-8,10H2. The van der Waals surface area contributed by atoms with Crippen LogP contribution in [0.4, 0.5) is 0 Å². The number of carbonyl (C=O) groups excluding carboxylic acids is 1. The van der Waals surface area contributed by atoms with E-state index in [4.69, 9.17) is 0 Å². The molecular weight excluding hydrogens is 322 g/mol. The van der Waals surface area contributed by atoms with Crippen molar-refractivity contribution in [3.63, 3.8) is 0 Å². The number of aryl methyl sites for hydroxylation is 1. The first-order valence-corrected chi connectivity index (χ1v) is 9.20. The smallest absolute Gasteiger partial charge is 0.230 e. The minimum absolute atomic E-state index is 0.149. The molecule has 1 fully saturated rings. The van der Waals surface area contributed by atoms with E-state index in [0.717, 1.165) is 43.6 Å². The molecule has 1 aliphatic heterocycles. The number of likely N-dealkylation sites (tertiary alicyclic amines) is 1. The molecule has 1 amide bonds. The van der Waals surface area contributed by atoms with E-state index in [1.54, 1.807) is 0 Å². The van der Waals surface area contributed by atoms with Gasteiger partial charge in [0.1, 0.15) is 0 Å². The van der Waals surface area contributed by atoms with Gasteiger partial charge in [0.15, 0.2) is 0 Å². The van der Waals surface area contributed by atoms with Crippen LogP contribution in [-0.4, -0.2) is 29.2 Å². The summed E-state index contributed by atoms with van der Waals surface area (Å²) in [5, 5.41) is 3.22. The number of hydrogen-bond acceptors (Lipinski definition) is 2. The molecule has 1 atom stereocenters. The number of carbonyl (C=O) groups is 1. The first kappa shape index (κ1) is 13.6. The average molecular weight is 342 g/mol. The third kappa shape index (κ3) is 2.75. The Morgan fingerprint density at radius 3 is 2.89 bits per heavy atom. The summed E-state index contributed by atoms with van der Waals surface area (Å²) in [5.74, 6) is 1.29. The number of rotatable bonds is 2. The summed E-state index contributed by atoms with van der Waals surface area (Å²) in [5.41, 5.74) is 1.32. The summed E-state index contributed by atoms with van der Waals surface area (Å²) < 4.78 is 0. The van der Waals surface area contributed by atoms with Crippen molar-refractivity contribution in [1.29, 1.82) is 0 Å². The minimum Gasteiger partial charge on any atom is -0.342 e. The third-order valence-corrected chi connectivity index (χ3v) is 6.41. The highest BCUT2D eigenvalue weighted by molar-refractivity contribution is 9.09. The molecule has 4 heteroatoms. The molecule has 2 aliphatic rings. The second kappa shape index (κ2) is 5.96. The predicted molar refractivity (Wildman–Crippen MR) is 83.1 cm³/mol. The zero-order chi connectivity index (χ0) is 13.2. The Kier molecular flexibility index (Phi) is 4.27. The molecule has 0 aromatic carbocycles. The van der Waals surface area contributed by atoms with Crippen LogP contribution in [0, 0.1) is 5.92 Å². The molecule has 0 saturated carbocycles. The van der Waals surface area contributed by atoms with E-state index in [1.807, 2.05) is 11.3 Å². The van der Waals surface area contributed by atoms with Crippen molar-refractivity contribution in [3.05, 3.63) is 21.9 Å². The molecule has 0 N–H and O–H groups in total.